The van der Waals surface area contributed by atoms with E-state index in [1.165, 1.54) is 11.1 Å². The van der Waals surface area contributed by atoms with Crippen molar-refractivity contribution >= 4 is 6.03 Å². The molecule has 0 bridgehead atoms. The molecule has 3 rings (SSSR count). The van der Waals surface area contributed by atoms with E-state index in [-0.39, 0.29) is 12.1 Å². The highest BCUT2D eigenvalue weighted by molar-refractivity contribution is 5.75. The van der Waals surface area contributed by atoms with Crippen molar-refractivity contribution in [2.75, 3.05) is 6.54 Å². The second-order valence-electron chi connectivity index (χ2n) is 5.72. The molecule has 1 N–H and O–H groups in total. The summed E-state index contributed by atoms with van der Waals surface area (Å²) in [5.74, 6) is 0. The highest BCUT2D eigenvalue weighted by atomic mass is 16.6. The van der Waals surface area contributed by atoms with Gasteiger partial charge in [0.1, 0.15) is 11.4 Å². The van der Waals surface area contributed by atoms with Crippen molar-refractivity contribution in [2.24, 2.45) is 0 Å². The number of rotatable bonds is 3. The third kappa shape index (κ3) is 2.95. The minimum atomic E-state index is -0.0644. The number of aromatic nitrogens is 2. The van der Waals surface area contributed by atoms with E-state index in [2.05, 4.69) is 51.4 Å². The number of hydrogen-bond acceptors (Lipinski definition) is 4. The Bertz CT molecular complexity index is 650. The van der Waals surface area contributed by atoms with Gasteiger partial charge in [0.25, 0.3) is 0 Å². The van der Waals surface area contributed by atoms with E-state index in [0.29, 0.717) is 17.9 Å². The number of urea groups is 1. The largest absolute Gasteiger partial charge is 0.332 e. The van der Waals surface area contributed by atoms with Crippen LogP contribution in [0.3, 0.4) is 0 Å². The molecule has 1 fully saturated rings. The number of benzene rings is 1. The van der Waals surface area contributed by atoms with Crippen LogP contribution in [0.1, 0.15) is 41.4 Å². The number of carbonyl (C=O) groups excluding carboxylic acids is 1. The molecule has 0 spiro atoms. The van der Waals surface area contributed by atoms with Crippen LogP contribution in [-0.4, -0.2) is 27.8 Å². The fourth-order valence-corrected chi connectivity index (χ4v) is 2.82. The lowest BCUT2D eigenvalue weighted by Crippen LogP contribution is -2.39. The van der Waals surface area contributed by atoms with Crippen LogP contribution in [0.15, 0.2) is 28.9 Å². The van der Waals surface area contributed by atoms with Crippen LogP contribution in [0, 0.1) is 13.8 Å². The van der Waals surface area contributed by atoms with Gasteiger partial charge in [-0.25, -0.2) is 9.42 Å². The zero-order valence-electron chi connectivity index (χ0n) is 12.9. The maximum absolute atomic E-state index is 12.4. The predicted octanol–water partition coefficient (Wildman–Crippen LogP) is 2.73. The molecule has 1 aliphatic heterocycles. The van der Waals surface area contributed by atoms with E-state index in [1.807, 2.05) is 11.8 Å². The quantitative estimate of drug-likeness (QED) is 0.946. The topological polar surface area (TPSA) is 71.3 Å². The average Bonchev–Trinajstić information content (AvgIpc) is 3.15. The van der Waals surface area contributed by atoms with Crippen LogP contribution in [0.4, 0.5) is 4.79 Å². The van der Waals surface area contributed by atoms with E-state index >= 15 is 0 Å². The second-order valence-corrected chi connectivity index (χ2v) is 5.72. The molecule has 1 atom stereocenters. The summed E-state index contributed by atoms with van der Waals surface area (Å²) in [6.45, 7) is 4.99. The molecule has 6 nitrogen and oxygen atoms in total. The SMILES string of the molecule is Cc1ccc(C2CCCN2C(=O)NCc2nonc2C)cc1. The lowest BCUT2D eigenvalue weighted by atomic mass is 10.0. The first-order valence-corrected chi connectivity index (χ1v) is 7.54. The fraction of sp³-hybridized carbons (Fsp3) is 0.438. The first-order valence-electron chi connectivity index (χ1n) is 7.54. The maximum Gasteiger partial charge on any atom is 0.318 e. The molecule has 1 aromatic heterocycles. The first kappa shape index (κ1) is 14.6. The molecule has 0 radical (unpaired) electrons. The molecule has 1 aliphatic rings. The van der Waals surface area contributed by atoms with Gasteiger partial charge >= 0.3 is 6.03 Å². The molecule has 2 heterocycles. The molecule has 2 amide bonds. The van der Waals surface area contributed by atoms with Gasteiger partial charge in [-0.15, -0.1) is 0 Å². The minimum absolute atomic E-state index is 0.0644. The molecule has 2 aromatic rings. The number of hydrogen-bond donors (Lipinski definition) is 1. The number of likely N-dealkylation sites (tertiary alicyclic amines) is 1. The third-order valence-electron chi connectivity index (χ3n) is 4.13. The number of amides is 2. The van der Waals surface area contributed by atoms with Crippen LogP contribution < -0.4 is 5.32 Å². The highest BCUT2D eigenvalue weighted by Gasteiger charge is 2.29. The van der Waals surface area contributed by atoms with Crippen LogP contribution in [0.2, 0.25) is 0 Å². The molecule has 1 unspecified atom stereocenters. The number of carbonyl (C=O) groups is 1. The number of aryl methyl sites for hydroxylation is 2. The third-order valence-corrected chi connectivity index (χ3v) is 4.13. The molecule has 0 saturated carbocycles. The summed E-state index contributed by atoms with van der Waals surface area (Å²) in [7, 11) is 0. The van der Waals surface area contributed by atoms with E-state index < -0.39 is 0 Å². The Morgan fingerprint density at radius 1 is 1.32 bits per heavy atom. The van der Waals surface area contributed by atoms with Gasteiger partial charge in [-0.3, -0.25) is 0 Å². The summed E-state index contributed by atoms with van der Waals surface area (Å²) in [5, 5.41) is 10.4. The van der Waals surface area contributed by atoms with Crippen molar-refractivity contribution in [3.63, 3.8) is 0 Å². The van der Waals surface area contributed by atoms with Gasteiger partial charge < -0.3 is 10.2 Å². The fourth-order valence-electron chi connectivity index (χ4n) is 2.82. The molecule has 1 saturated heterocycles. The van der Waals surface area contributed by atoms with Crippen LogP contribution in [0.25, 0.3) is 0 Å². The lowest BCUT2D eigenvalue weighted by Gasteiger charge is -2.25. The van der Waals surface area contributed by atoms with Gasteiger partial charge in [0.2, 0.25) is 0 Å². The van der Waals surface area contributed by atoms with Crippen molar-refractivity contribution < 1.29 is 9.42 Å². The van der Waals surface area contributed by atoms with Crippen LogP contribution in [0.5, 0.6) is 0 Å². The Balaban J connectivity index is 1.66. The summed E-state index contributed by atoms with van der Waals surface area (Å²) in [5.41, 5.74) is 3.79. The van der Waals surface area contributed by atoms with Crippen molar-refractivity contribution in [1.29, 1.82) is 0 Å². The lowest BCUT2D eigenvalue weighted by molar-refractivity contribution is 0.192. The van der Waals surface area contributed by atoms with E-state index in [9.17, 15) is 4.79 Å². The van der Waals surface area contributed by atoms with Gasteiger partial charge in [-0.2, -0.15) is 0 Å². The highest BCUT2D eigenvalue weighted by Crippen LogP contribution is 2.31. The summed E-state index contributed by atoms with van der Waals surface area (Å²) in [6.07, 6.45) is 2.03. The van der Waals surface area contributed by atoms with Crippen molar-refractivity contribution in [1.82, 2.24) is 20.5 Å². The molecular formula is C16H20N4O2. The number of nitrogens with one attached hydrogen (secondary N) is 1. The average molecular weight is 300 g/mol. The number of nitrogens with zero attached hydrogens (tertiary/aromatic N) is 3. The van der Waals surface area contributed by atoms with Gasteiger partial charge in [-0.1, -0.05) is 40.1 Å². The molecule has 0 aliphatic carbocycles. The van der Waals surface area contributed by atoms with Gasteiger partial charge in [0.15, 0.2) is 0 Å². The normalized spacial score (nSPS) is 17.7. The standard InChI is InChI=1S/C16H20N4O2/c1-11-5-7-13(8-6-11)15-4-3-9-20(15)16(21)17-10-14-12(2)18-22-19-14/h5-8,15H,3-4,9-10H2,1-2H3,(H,17,21). The minimum Gasteiger partial charge on any atom is -0.332 e. The van der Waals surface area contributed by atoms with Gasteiger partial charge in [0.05, 0.1) is 12.6 Å². The zero-order chi connectivity index (χ0) is 15.5. The second kappa shape index (κ2) is 6.17. The molecule has 116 valence electrons. The Morgan fingerprint density at radius 3 is 2.77 bits per heavy atom. The van der Waals surface area contributed by atoms with Crippen molar-refractivity contribution in [3.8, 4) is 0 Å². The molecule has 1 aromatic carbocycles. The van der Waals surface area contributed by atoms with E-state index in [4.69, 9.17) is 0 Å². The summed E-state index contributed by atoms with van der Waals surface area (Å²) in [4.78, 5) is 14.3. The smallest absolute Gasteiger partial charge is 0.318 e. The summed E-state index contributed by atoms with van der Waals surface area (Å²) in [6, 6.07) is 8.49. The molecular weight excluding hydrogens is 280 g/mol. The van der Waals surface area contributed by atoms with E-state index in [1.54, 1.807) is 0 Å². The van der Waals surface area contributed by atoms with Gasteiger partial charge in [-0.05, 0) is 32.3 Å². The summed E-state index contributed by atoms with van der Waals surface area (Å²) < 4.78 is 4.64. The Hall–Kier alpha value is -2.37. The Kier molecular flexibility index (Phi) is 4.09. The molecule has 6 heteroatoms. The first-order chi connectivity index (χ1) is 10.6. The Labute approximate surface area is 129 Å². The van der Waals surface area contributed by atoms with Crippen LogP contribution >= 0.6 is 0 Å². The zero-order valence-corrected chi connectivity index (χ0v) is 12.9. The van der Waals surface area contributed by atoms with E-state index in [0.717, 1.165) is 19.4 Å². The molecule has 22 heavy (non-hydrogen) atoms. The predicted molar refractivity (Wildman–Crippen MR) is 81.1 cm³/mol. The Morgan fingerprint density at radius 2 is 2.09 bits per heavy atom. The maximum atomic E-state index is 12.4. The summed E-state index contributed by atoms with van der Waals surface area (Å²) >= 11 is 0. The van der Waals surface area contributed by atoms with Gasteiger partial charge in [0, 0.05) is 6.54 Å². The van der Waals surface area contributed by atoms with Crippen molar-refractivity contribution in [2.45, 2.75) is 39.3 Å². The van der Waals surface area contributed by atoms with Crippen LogP contribution in [-0.2, 0) is 6.54 Å². The van der Waals surface area contributed by atoms with Crippen molar-refractivity contribution in [3.05, 3.63) is 46.8 Å². The monoisotopic (exact) mass is 300 g/mol.